The summed E-state index contributed by atoms with van der Waals surface area (Å²) in [6.45, 7) is 2.06. The van der Waals surface area contributed by atoms with Gasteiger partial charge in [0, 0.05) is 43.4 Å². The van der Waals surface area contributed by atoms with E-state index >= 15 is 0 Å². The van der Waals surface area contributed by atoms with Gasteiger partial charge in [0.15, 0.2) is 12.4 Å². The molecule has 1 saturated heterocycles. The van der Waals surface area contributed by atoms with E-state index in [-0.39, 0.29) is 36.2 Å². The number of hydrogen-bond acceptors (Lipinski definition) is 10. The first kappa shape index (κ1) is 28.2. The Kier molecular flexibility index (Phi) is 8.25. The first-order chi connectivity index (χ1) is 19.7. The molecule has 0 amide bonds. The van der Waals surface area contributed by atoms with E-state index in [2.05, 4.69) is 9.64 Å². The van der Waals surface area contributed by atoms with Crippen LogP contribution in [0.1, 0.15) is 47.5 Å². The Balaban J connectivity index is 1.43. The maximum Gasteiger partial charge on any atom is 0.343 e. The second-order valence-corrected chi connectivity index (χ2v) is 10.5. The SMILES string of the molecule is COC(=O)COc1cccc(C(CC(=O)OC)c2oc(CN3C[C@H]4C[C@@H](C3)c3cccc(=O)n3C4)cc(=O)c2O)c1. The molecule has 0 radical (unpaired) electrons. The number of fused-ring (bicyclic) bond motifs is 4. The largest absolute Gasteiger partial charge is 0.502 e. The van der Waals surface area contributed by atoms with Crippen LogP contribution in [0.25, 0.3) is 0 Å². The predicted octanol–water partition coefficient (Wildman–Crippen LogP) is 2.37. The number of aromatic hydroxyl groups is 1. The number of nitrogens with zero attached hydrogens (tertiary/aromatic N) is 2. The van der Waals surface area contributed by atoms with Crippen LogP contribution in [0.5, 0.6) is 11.5 Å². The highest BCUT2D eigenvalue weighted by Gasteiger charge is 2.35. The highest BCUT2D eigenvalue weighted by Crippen LogP contribution is 2.37. The summed E-state index contributed by atoms with van der Waals surface area (Å²) in [5, 5.41) is 10.8. The number of carbonyl (C=O) groups is 2. The van der Waals surface area contributed by atoms with Crippen molar-refractivity contribution in [3.05, 3.63) is 91.9 Å². The van der Waals surface area contributed by atoms with E-state index in [0.717, 1.165) is 18.7 Å². The third kappa shape index (κ3) is 6.19. The summed E-state index contributed by atoms with van der Waals surface area (Å²) in [4.78, 5) is 51.4. The molecule has 4 heterocycles. The number of aromatic nitrogens is 1. The van der Waals surface area contributed by atoms with Crippen LogP contribution in [-0.4, -0.2) is 60.4 Å². The van der Waals surface area contributed by atoms with Crippen molar-refractivity contribution in [2.24, 2.45) is 5.92 Å². The molecule has 1 unspecified atom stereocenters. The zero-order valence-electron chi connectivity index (χ0n) is 22.9. The zero-order chi connectivity index (χ0) is 29.1. The van der Waals surface area contributed by atoms with Gasteiger partial charge in [-0.1, -0.05) is 18.2 Å². The standard InChI is InChI=1S/C30H32N2O9/c1-38-27(35)12-23(19-5-3-6-21(10-19)40-17-28(36)39-2)30-29(37)25(33)11-22(41-30)16-31-13-18-9-20(15-31)24-7-4-8-26(34)32(24)14-18/h3-8,10-11,18,20,23,37H,9,12-17H2,1-2H3/t18-,20+,23?/m1/s1. The van der Waals surface area contributed by atoms with E-state index in [0.29, 0.717) is 36.7 Å². The number of likely N-dealkylation sites (tertiary alicyclic amines) is 1. The summed E-state index contributed by atoms with van der Waals surface area (Å²) >= 11 is 0. The Morgan fingerprint density at radius 1 is 1.02 bits per heavy atom. The molecule has 216 valence electrons. The molecule has 2 aromatic heterocycles. The van der Waals surface area contributed by atoms with E-state index < -0.39 is 29.0 Å². The van der Waals surface area contributed by atoms with Crippen molar-refractivity contribution in [3.63, 3.8) is 0 Å². The number of rotatable bonds is 9. The van der Waals surface area contributed by atoms with Gasteiger partial charge in [-0.25, -0.2) is 4.79 Å². The summed E-state index contributed by atoms with van der Waals surface area (Å²) < 4.78 is 23.0. The molecule has 2 aliphatic heterocycles. The minimum absolute atomic E-state index is 0.0104. The Morgan fingerprint density at radius 3 is 2.59 bits per heavy atom. The van der Waals surface area contributed by atoms with Crippen LogP contribution in [0, 0.1) is 5.92 Å². The summed E-state index contributed by atoms with van der Waals surface area (Å²) in [6.07, 6.45) is 0.774. The van der Waals surface area contributed by atoms with Crippen molar-refractivity contribution in [3.8, 4) is 11.5 Å². The third-order valence-electron chi connectivity index (χ3n) is 7.69. The molecular weight excluding hydrogens is 532 g/mol. The molecule has 1 fully saturated rings. The van der Waals surface area contributed by atoms with Crippen molar-refractivity contribution in [1.29, 1.82) is 0 Å². The van der Waals surface area contributed by atoms with Crippen LogP contribution in [0.15, 0.2) is 62.5 Å². The maximum absolute atomic E-state index is 12.9. The molecule has 2 aliphatic rings. The highest BCUT2D eigenvalue weighted by atomic mass is 16.6. The number of methoxy groups -OCH3 is 2. The van der Waals surface area contributed by atoms with Crippen LogP contribution in [0.4, 0.5) is 0 Å². The summed E-state index contributed by atoms with van der Waals surface area (Å²) in [6, 6.07) is 13.2. The lowest BCUT2D eigenvalue weighted by atomic mass is 9.83. The fourth-order valence-corrected chi connectivity index (χ4v) is 5.85. The van der Waals surface area contributed by atoms with Gasteiger partial charge < -0.3 is 28.3 Å². The monoisotopic (exact) mass is 564 g/mol. The van der Waals surface area contributed by atoms with Crippen LogP contribution in [-0.2, 0) is 32.2 Å². The molecule has 3 aromatic rings. The second-order valence-electron chi connectivity index (χ2n) is 10.5. The van der Waals surface area contributed by atoms with E-state index in [1.54, 1.807) is 36.4 Å². The Morgan fingerprint density at radius 2 is 1.80 bits per heavy atom. The molecule has 41 heavy (non-hydrogen) atoms. The van der Waals surface area contributed by atoms with Crippen molar-refractivity contribution in [2.75, 3.05) is 33.9 Å². The van der Waals surface area contributed by atoms with Gasteiger partial charge in [-0.2, -0.15) is 0 Å². The molecule has 3 atom stereocenters. The minimum atomic E-state index is -0.865. The highest BCUT2D eigenvalue weighted by molar-refractivity contribution is 5.72. The van der Waals surface area contributed by atoms with E-state index in [1.807, 2.05) is 10.6 Å². The van der Waals surface area contributed by atoms with Gasteiger partial charge in [0.25, 0.3) is 5.56 Å². The number of carbonyl (C=O) groups excluding carboxylic acids is 2. The summed E-state index contributed by atoms with van der Waals surface area (Å²) in [7, 11) is 2.50. The predicted molar refractivity (Wildman–Crippen MR) is 146 cm³/mol. The molecular formula is C30H32N2O9. The quantitative estimate of drug-likeness (QED) is 0.386. The molecule has 11 heteroatoms. The van der Waals surface area contributed by atoms with Gasteiger partial charge >= 0.3 is 11.9 Å². The second kappa shape index (κ2) is 12.0. The zero-order valence-corrected chi connectivity index (χ0v) is 22.9. The molecule has 0 aliphatic carbocycles. The van der Waals surface area contributed by atoms with Crippen molar-refractivity contribution in [2.45, 2.75) is 37.8 Å². The molecule has 2 bridgehead atoms. The topological polar surface area (TPSA) is 138 Å². The Hall–Kier alpha value is -4.38. The third-order valence-corrected chi connectivity index (χ3v) is 7.69. The van der Waals surface area contributed by atoms with Gasteiger partial charge in [-0.05, 0) is 36.1 Å². The van der Waals surface area contributed by atoms with Crippen molar-refractivity contribution < 1.29 is 33.3 Å². The number of pyridine rings is 1. The average Bonchev–Trinajstić information content (AvgIpc) is 2.97. The Labute approximate surface area is 235 Å². The smallest absolute Gasteiger partial charge is 0.343 e. The van der Waals surface area contributed by atoms with Gasteiger partial charge in [0.1, 0.15) is 11.5 Å². The van der Waals surface area contributed by atoms with Crippen molar-refractivity contribution in [1.82, 2.24) is 9.47 Å². The number of ether oxygens (including phenoxy) is 3. The van der Waals surface area contributed by atoms with Crippen LogP contribution >= 0.6 is 0 Å². The first-order valence-corrected chi connectivity index (χ1v) is 13.4. The molecule has 11 nitrogen and oxygen atoms in total. The fraction of sp³-hybridized carbons (Fsp3) is 0.400. The van der Waals surface area contributed by atoms with Gasteiger partial charge in [-0.15, -0.1) is 0 Å². The summed E-state index contributed by atoms with van der Waals surface area (Å²) in [5.41, 5.74) is 0.918. The molecule has 1 aromatic carbocycles. The average molecular weight is 565 g/mol. The lowest BCUT2D eigenvalue weighted by Gasteiger charge is -2.42. The number of benzene rings is 1. The maximum atomic E-state index is 12.9. The van der Waals surface area contributed by atoms with E-state index in [1.165, 1.54) is 20.3 Å². The Bertz CT molecular complexity index is 1560. The minimum Gasteiger partial charge on any atom is -0.502 e. The normalized spacial score (nSPS) is 18.7. The molecule has 5 rings (SSSR count). The van der Waals surface area contributed by atoms with Gasteiger partial charge in [0.05, 0.1) is 33.1 Å². The van der Waals surface area contributed by atoms with E-state index in [9.17, 15) is 24.3 Å². The van der Waals surface area contributed by atoms with Crippen LogP contribution in [0.3, 0.4) is 0 Å². The molecule has 0 saturated carbocycles. The van der Waals surface area contributed by atoms with Gasteiger partial charge in [0.2, 0.25) is 11.2 Å². The number of hydrogen-bond donors (Lipinski definition) is 1. The number of esters is 2. The lowest BCUT2D eigenvalue weighted by molar-refractivity contribution is -0.143. The molecule has 1 N–H and O–H groups in total. The number of piperidine rings is 1. The fourth-order valence-electron chi connectivity index (χ4n) is 5.85. The van der Waals surface area contributed by atoms with E-state index in [4.69, 9.17) is 13.9 Å². The first-order valence-electron chi connectivity index (χ1n) is 13.4. The van der Waals surface area contributed by atoms with Crippen LogP contribution in [0.2, 0.25) is 0 Å². The lowest BCUT2D eigenvalue weighted by Crippen LogP contribution is -2.46. The van der Waals surface area contributed by atoms with Crippen molar-refractivity contribution >= 4 is 11.9 Å². The van der Waals surface area contributed by atoms with Crippen LogP contribution < -0.4 is 15.7 Å². The molecule has 0 spiro atoms. The summed E-state index contributed by atoms with van der Waals surface area (Å²) in [5.74, 6) is -1.50. The van der Waals surface area contributed by atoms with Gasteiger partial charge in [-0.3, -0.25) is 19.3 Å².